The van der Waals surface area contributed by atoms with Crippen LogP contribution in [0.15, 0.2) is 23.2 Å². The summed E-state index contributed by atoms with van der Waals surface area (Å²) in [5.74, 6) is 1.22. The van der Waals surface area contributed by atoms with Crippen LogP contribution < -0.4 is 15.4 Å². The second-order valence-electron chi connectivity index (χ2n) is 5.90. The molecule has 3 N–H and O–H groups in total. The number of halogens is 3. The third-order valence-corrected chi connectivity index (χ3v) is 3.97. The van der Waals surface area contributed by atoms with Crippen molar-refractivity contribution >= 4 is 5.96 Å². The van der Waals surface area contributed by atoms with E-state index in [4.69, 9.17) is 4.74 Å². The Balaban J connectivity index is 1.86. The molecule has 6 nitrogen and oxygen atoms in total. The molecule has 1 unspecified atom stereocenters. The molecule has 0 saturated carbocycles. The Hall–Kier alpha value is -2.16. The summed E-state index contributed by atoms with van der Waals surface area (Å²) in [5, 5.41) is 16.0. The number of benzene rings is 1. The molecule has 1 aromatic carbocycles. The second-order valence-corrected chi connectivity index (χ2v) is 5.90. The molecular formula is C16H23F3N4O2. The lowest BCUT2D eigenvalue weighted by Gasteiger charge is -2.20. The van der Waals surface area contributed by atoms with E-state index in [-0.39, 0.29) is 11.8 Å². The number of aliphatic imine (C=N–C) groups is 1. The molecule has 0 aliphatic carbocycles. The van der Waals surface area contributed by atoms with Gasteiger partial charge in [0.2, 0.25) is 0 Å². The Morgan fingerprint density at radius 2 is 2.20 bits per heavy atom. The molecule has 140 valence electrons. The van der Waals surface area contributed by atoms with E-state index in [2.05, 4.69) is 15.6 Å². The monoisotopic (exact) mass is 360 g/mol. The molecule has 1 aromatic rings. The van der Waals surface area contributed by atoms with Crippen molar-refractivity contribution in [3.05, 3.63) is 23.8 Å². The van der Waals surface area contributed by atoms with Crippen LogP contribution in [0.5, 0.6) is 11.5 Å². The van der Waals surface area contributed by atoms with Gasteiger partial charge in [-0.25, -0.2) is 0 Å². The molecule has 0 amide bonds. The summed E-state index contributed by atoms with van der Waals surface area (Å²) in [7, 11) is 3.13. The highest BCUT2D eigenvalue weighted by molar-refractivity contribution is 5.80. The number of nitrogens with one attached hydrogen (secondary N) is 2. The first-order valence-corrected chi connectivity index (χ1v) is 7.93. The molecule has 1 aliphatic heterocycles. The van der Waals surface area contributed by atoms with Gasteiger partial charge in [0.05, 0.1) is 13.7 Å². The summed E-state index contributed by atoms with van der Waals surface area (Å²) < 4.78 is 42.4. The standard InChI is InChI=1S/C16H23F3N4O2/c1-20-15(21-8-11-7-13(25-2)3-4-14(11)24)22-12-5-6-23(9-12)10-16(17,18)19/h3-4,7,12,24H,5-6,8-10H2,1-2H3,(H2,20,21,22). The largest absolute Gasteiger partial charge is 0.508 e. The van der Waals surface area contributed by atoms with E-state index in [9.17, 15) is 18.3 Å². The van der Waals surface area contributed by atoms with Crippen molar-refractivity contribution in [3.63, 3.8) is 0 Å². The summed E-state index contributed by atoms with van der Waals surface area (Å²) in [6, 6.07) is 4.79. The van der Waals surface area contributed by atoms with E-state index in [0.29, 0.717) is 43.3 Å². The predicted molar refractivity (Wildman–Crippen MR) is 88.9 cm³/mol. The molecule has 9 heteroatoms. The van der Waals surface area contributed by atoms with E-state index in [1.807, 2.05) is 0 Å². The molecule has 0 spiro atoms. The van der Waals surface area contributed by atoms with Crippen molar-refractivity contribution in [1.29, 1.82) is 0 Å². The normalized spacial score (nSPS) is 19.1. The van der Waals surface area contributed by atoms with Crippen LogP contribution in [0.4, 0.5) is 13.2 Å². The molecular weight excluding hydrogens is 337 g/mol. The number of aromatic hydroxyl groups is 1. The number of phenols is 1. The van der Waals surface area contributed by atoms with Crippen LogP contribution in [0, 0.1) is 0 Å². The molecule has 2 rings (SSSR count). The first-order chi connectivity index (χ1) is 11.8. The van der Waals surface area contributed by atoms with Gasteiger partial charge in [-0.1, -0.05) is 0 Å². The predicted octanol–water partition coefficient (Wildman–Crippen LogP) is 1.70. The average Bonchev–Trinajstić information content (AvgIpc) is 2.97. The van der Waals surface area contributed by atoms with Gasteiger partial charge in [0.15, 0.2) is 5.96 Å². The molecule has 1 atom stereocenters. The summed E-state index contributed by atoms with van der Waals surface area (Å²) in [6.45, 7) is 0.117. The Morgan fingerprint density at radius 1 is 1.44 bits per heavy atom. The lowest BCUT2D eigenvalue weighted by atomic mass is 10.2. The van der Waals surface area contributed by atoms with Crippen LogP contribution >= 0.6 is 0 Å². The number of phenolic OH excluding ortho intramolecular Hbond substituents is 1. The quantitative estimate of drug-likeness (QED) is 0.551. The average molecular weight is 360 g/mol. The molecule has 0 bridgehead atoms. The van der Waals surface area contributed by atoms with E-state index < -0.39 is 12.7 Å². The highest BCUT2D eigenvalue weighted by Crippen LogP contribution is 2.23. The number of alkyl halides is 3. The van der Waals surface area contributed by atoms with Crippen molar-refractivity contribution in [2.45, 2.75) is 25.2 Å². The fraction of sp³-hybridized carbons (Fsp3) is 0.562. The summed E-state index contributed by atoms with van der Waals surface area (Å²) in [6.07, 6.45) is -3.57. The van der Waals surface area contributed by atoms with Gasteiger partial charge >= 0.3 is 6.18 Å². The van der Waals surface area contributed by atoms with Crippen molar-refractivity contribution < 1.29 is 23.0 Å². The minimum atomic E-state index is -4.18. The highest BCUT2D eigenvalue weighted by Gasteiger charge is 2.34. The van der Waals surface area contributed by atoms with Crippen LogP contribution in [-0.4, -0.2) is 62.0 Å². The maximum absolute atomic E-state index is 12.4. The smallest absolute Gasteiger partial charge is 0.401 e. The van der Waals surface area contributed by atoms with Crippen LogP contribution in [0.2, 0.25) is 0 Å². The molecule has 1 fully saturated rings. The number of likely N-dealkylation sites (tertiary alicyclic amines) is 1. The van der Waals surface area contributed by atoms with Gasteiger partial charge in [-0.3, -0.25) is 9.89 Å². The Bertz CT molecular complexity index is 608. The van der Waals surface area contributed by atoms with Gasteiger partial charge < -0.3 is 20.5 Å². The second kappa shape index (κ2) is 8.28. The van der Waals surface area contributed by atoms with E-state index in [1.54, 1.807) is 19.2 Å². The maximum atomic E-state index is 12.4. The van der Waals surface area contributed by atoms with Gasteiger partial charge in [-0.05, 0) is 24.6 Å². The van der Waals surface area contributed by atoms with E-state index in [1.165, 1.54) is 18.1 Å². The number of ether oxygens (including phenoxy) is 1. The van der Waals surface area contributed by atoms with E-state index >= 15 is 0 Å². The number of methoxy groups -OCH3 is 1. The van der Waals surface area contributed by atoms with Crippen molar-refractivity contribution in [2.75, 3.05) is 33.8 Å². The minimum Gasteiger partial charge on any atom is -0.508 e. The summed E-state index contributed by atoms with van der Waals surface area (Å²) >= 11 is 0. The third kappa shape index (κ3) is 6.00. The van der Waals surface area contributed by atoms with Gasteiger partial charge in [-0.15, -0.1) is 0 Å². The zero-order valence-electron chi connectivity index (χ0n) is 14.2. The molecule has 1 aliphatic rings. The van der Waals surface area contributed by atoms with E-state index in [0.717, 1.165) is 0 Å². The van der Waals surface area contributed by atoms with Crippen molar-refractivity contribution in [2.24, 2.45) is 4.99 Å². The fourth-order valence-corrected chi connectivity index (χ4v) is 2.74. The molecule has 1 saturated heterocycles. The Labute approximate surface area is 144 Å². The van der Waals surface area contributed by atoms with Crippen molar-refractivity contribution in [1.82, 2.24) is 15.5 Å². The van der Waals surface area contributed by atoms with Gasteiger partial charge in [-0.2, -0.15) is 13.2 Å². The molecule has 1 heterocycles. The van der Waals surface area contributed by atoms with Gasteiger partial charge in [0.1, 0.15) is 11.5 Å². The number of guanidine groups is 1. The maximum Gasteiger partial charge on any atom is 0.401 e. The van der Waals surface area contributed by atoms with Crippen LogP contribution in [0.25, 0.3) is 0 Å². The van der Waals surface area contributed by atoms with Gasteiger partial charge in [0, 0.05) is 38.3 Å². The first kappa shape index (κ1) is 19.2. The lowest BCUT2D eigenvalue weighted by molar-refractivity contribution is -0.143. The minimum absolute atomic E-state index is 0.104. The van der Waals surface area contributed by atoms with Crippen LogP contribution in [-0.2, 0) is 6.54 Å². The molecule has 25 heavy (non-hydrogen) atoms. The van der Waals surface area contributed by atoms with Crippen LogP contribution in [0.1, 0.15) is 12.0 Å². The Morgan fingerprint density at radius 3 is 2.84 bits per heavy atom. The zero-order chi connectivity index (χ0) is 18.4. The fourth-order valence-electron chi connectivity index (χ4n) is 2.74. The Kier molecular flexibility index (Phi) is 6.35. The summed E-state index contributed by atoms with van der Waals surface area (Å²) in [5.41, 5.74) is 0.632. The SMILES string of the molecule is CN=C(NCc1cc(OC)ccc1O)NC1CCN(CC(F)(F)F)C1. The highest BCUT2D eigenvalue weighted by atomic mass is 19.4. The lowest BCUT2D eigenvalue weighted by Crippen LogP contribution is -2.44. The number of hydrogen-bond acceptors (Lipinski definition) is 4. The van der Waals surface area contributed by atoms with Crippen LogP contribution in [0.3, 0.4) is 0 Å². The van der Waals surface area contributed by atoms with Gasteiger partial charge in [0.25, 0.3) is 0 Å². The summed E-state index contributed by atoms with van der Waals surface area (Å²) in [4.78, 5) is 5.45. The molecule has 0 aromatic heterocycles. The number of hydrogen-bond donors (Lipinski definition) is 3. The third-order valence-electron chi connectivity index (χ3n) is 3.97. The first-order valence-electron chi connectivity index (χ1n) is 7.93. The number of nitrogens with zero attached hydrogens (tertiary/aromatic N) is 2. The zero-order valence-corrected chi connectivity index (χ0v) is 14.2. The van der Waals surface area contributed by atoms with Crippen molar-refractivity contribution in [3.8, 4) is 11.5 Å². The molecule has 0 radical (unpaired) electrons. The number of rotatable bonds is 5. The topological polar surface area (TPSA) is 69.1 Å².